The minimum atomic E-state index is -0.449. The Morgan fingerprint density at radius 2 is 2.31 bits per heavy atom. The van der Waals surface area contributed by atoms with E-state index in [4.69, 9.17) is 23.1 Å². The highest BCUT2D eigenvalue weighted by molar-refractivity contribution is 6.30. The molecule has 0 aromatic carbocycles. The van der Waals surface area contributed by atoms with Gasteiger partial charge in [0.05, 0.1) is 16.8 Å². The lowest BCUT2D eigenvalue weighted by atomic mass is 10.1. The van der Waals surface area contributed by atoms with Crippen molar-refractivity contribution in [3.8, 4) is 0 Å². The Labute approximate surface area is 80.9 Å². The Hall–Kier alpha value is -1.13. The third-order valence-electron chi connectivity index (χ3n) is 1.55. The smallest absolute Gasteiger partial charge is 0.219 e. The van der Waals surface area contributed by atoms with Crippen molar-refractivity contribution >= 4 is 17.5 Å². The van der Waals surface area contributed by atoms with Crippen molar-refractivity contribution in [2.75, 3.05) is 0 Å². The number of rotatable bonds is 3. The van der Waals surface area contributed by atoms with Gasteiger partial charge in [-0.25, -0.2) is 0 Å². The molecule has 0 unspecified atom stereocenters. The number of hydrogen-bond acceptors (Lipinski definition) is 3. The standard InChI is InChI=1S/C8H10ClN3O/c9-5-1-2-7(12-4-5)6(10)3-8(11)13/h1-2,4,6H,3,10H2,(H2,11,13)/t6-/m0/s1. The number of hydrogen-bond donors (Lipinski definition) is 2. The number of nitrogens with zero attached hydrogens (tertiary/aromatic N) is 1. The third kappa shape index (κ3) is 3.01. The molecule has 1 amide bonds. The predicted molar refractivity (Wildman–Crippen MR) is 50.0 cm³/mol. The second-order valence-electron chi connectivity index (χ2n) is 2.68. The SMILES string of the molecule is NC(=O)C[C@H](N)c1ccc(Cl)cn1. The van der Waals surface area contributed by atoms with Crippen LogP contribution in [0.5, 0.6) is 0 Å². The van der Waals surface area contributed by atoms with Gasteiger partial charge < -0.3 is 11.5 Å². The molecule has 0 bridgehead atoms. The number of aromatic nitrogens is 1. The topological polar surface area (TPSA) is 82.0 Å². The molecule has 1 rings (SSSR count). The largest absolute Gasteiger partial charge is 0.370 e. The minimum absolute atomic E-state index is 0.0919. The third-order valence-corrected chi connectivity index (χ3v) is 1.77. The summed E-state index contributed by atoms with van der Waals surface area (Å²) in [5, 5.41) is 0.537. The van der Waals surface area contributed by atoms with Gasteiger partial charge in [0.25, 0.3) is 0 Å². The molecule has 70 valence electrons. The van der Waals surface area contributed by atoms with Crippen molar-refractivity contribution in [2.24, 2.45) is 11.5 Å². The van der Waals surface area contributed by atoms with E-state index in [0.717, 1.165) is 0 Å². The first-order chi connectivity index (χ1) is 6.09. The second kappa shape index (κ2) is 4.20. The average molecular weight is 200 g/mol. The van der Waals surface area contributed by atoms with Crippen molar-refractivity contribution in [2.45, 2.75) is 12.5 Å². The molecule has 5 heteroatoms. The normalized spacial score (nSPS) is 12.5. The van der Waals surface area contributed by atoms with Crippen LogP contribution in [0.4, 0.5) is 0 Å². The Bertz CT molecular complexity index is 299. The summed E-state index contributed by atoms with van der Waals surface area (Å²) in [6, 6.07) is 2.90. The Morgan fingerprint density at radius 1 is 1.62 bits per heavy atom. The number of pyridine rings is 1. The number of carbonyl (C=O) groups excluding carboxylic acids is 1. The van der Waals surface area contributed by atoms with Crippen LogP contribution < -0.4 is 11.5 Å². The van der Waals surface area contributed by atoms with E-state index in [1.54, 1.807) is 12.1 Å². The van der Waals surface area contributed by atoms with Crippen LogP contribution in [0.3, 0.4) is 0 Å². The zero-order valence-electron chi connectivity index (χ0n) is 6.90. The van der Waals surface area contributed by atoms with Crippen molar-refractivity contribution in [1.29, 1.82) is 0 Å². The molecule has 13 heavy (non-hydrogen) atoms. The van der Waals surface area contributed by atoms with Gasteiger partial charge >= 0.3 is 0 Å². The minimum Gasteiger partial charge on any atom is -0.370 e. The molecule has 0 aliphatic heterocycles. The summed E-state index contributed by atoms with van der Waals surface area (Å²) < 4.78 is 0. The van der Waals surface area contributed by atoms with Gasteiger partial charge in [-0.05, 0) is 12.1 Å². The van der Waals surface area contributed by atoms with E-state index < -0.39 is 11.9 Å². The van der Waals surface area contributed by atoms with Crippen LogP contribution in [-0.2, 0) is 4.79 Å². The highest BCUT2D eigenvalue weighted by Crippen LogP contribution is 2.13. The van der Waals surface area contributed by atoms with Gasteiger partial charge in [0.15, 0.2) is 0 Å². The van der Waals surface area contributed by atoms with Gasteiger partial charge in [0.1, 0.15) is 0 Å². The van der Waals surface area contributed by atoms with Gasteiger partial charge in [-0.15, -0.1) is 0 Å². The lowest BCUT2D eigenvalue weighted by Crippen LogP contribution is -2.21. The van der Waals surface area contributed by atoms with E-state index in [9.17, 15) is 4.79 Å². The van der Waals surface area contributed by atoms with Gasteiger partial charge in [0.2, 0.25) is 5.91 Å². The van der Waals surface area contributed by atoms with Crippen molar-refractivity contribution in [1.82, 2.24) is 4.98 Å². The molecule has 1 aromatic heterocycles. The Balaban J connectivity index is 2.71. The van der Waals surface area contributed by atoms with E-state index in [2.05, 4.69) is 4.98 Å². The van der Waals surface area contributed by atoms with Crippen molar-refractivity contribution in [3.63, 3.8) is 0 Å². The Morgan fingerprint density at radius 3 is 2.77 bits per heavy atom. The monoisotopic (exact) mass is 199 g/mol. The maximum atomic E-state index is 10.5. The summed E-state index contributed by atoms with van der Waals surface area (Å²) >= 11 is 5.63. The van der Waals surface area contributed by atoms with Crippen LogP contribution in [0, 0.1) is 0 Å². The first kappa shape index (κ1) is 9.95. The van der Waals surface area contributed by atoms with Crippen LogP contribution in [0.25, 0.3) is 0 Å². The van der Waals surface area contributed by atoms with Crippen molar-refractivity contribution in [3.05, 3.63) is 29.0 Å². The quantitative estimate of drug-likeness (QED) is 0.749. The summed E-state index contributed by atoms with van der Waals surface area (Å²) in [6.45, 7) is 0. The first-order valence-corrected chi connectivity index (χ1v) is 4.12. The molecular formula is C8H10ClN3O. The molecule has 0 saturated heterocycles. The number of halogens is 1. The summed E-state index contributed by atoms with van der Waals surface area (Å²) in [5.74, 6) is -0.441. The molecule has 0 fully saturated rings. The molecule has 0 aliphatic rings. The van der Waals surface area contributed by atoms with Crippen LogP contribution >= 0.6 is 11.6 Å². The van der Waals surface area contributed by atoms with E-state index in [1.165, 1.54) is 6.20 Å². The molecule has 4 nitrogen and oxygen atoms in total. The van der Waals surface area contributed by atoms with Crippen LogP contribution in [0.15, 0.2) is 18.3 Å². The van der Waals surface area contributed by atoms with Crippen LogP contribution in [-0.4, -0.2) is 10.9 Å². The zero-order valence-corrected chi connectivity index (χ0v) is 7.66. The van der Waals surface area contributed by atoms with E-state index in [0.29, 0.717) is 10.7 Å². The number of carbonyl (C=O) groups is 1. The lowest BCUT2D eigenvalue weighted by molar-refractivity contribution is -0.118. The zero-order chi connectivity index (χ0) is 9.84. The Kier molecular flexibility index (Phi) is 3.22. The van der Waals surface area contributed by atoms with E-state index in [-0.39, 0.29) is 6.42 Å². The fourth-order valence-corrected chi connectivity index (χ4v) is 1.04. The maximum Gasteiger partial charge on any atom is 0.219 e. The highest BCUT2D eigenvalue weighted by Gasteiger charge is 2.09. The number of primary amides is 1. The number of nitrogens with two attached hydrogens (primary N) is 2. The molecule has 4 N–H and O–H groups in total. The summed E-state index contributed by atoms with van der Waals surface area (Å²) in [5.41, 5.74) is 11.2. The van der Waals surface area contributed by atoms with Gasteiger partial charge in [-0.2, -0.15) is 0 Å². The van der Waals surface area contributed by atoms with Gasteiger partial charge in [0, 0.05) is 12.6 Å². The molecule has 0 spiro atoms. The van der Waals surface area contributed by atoms with E-state index >= 15 is 0 Å². The summed E-state index contributed by atoms with van der Waals surface area (Å²) in [4.78, 5) is 14.5. The summed E-state index contributed by atoms with van der Waals surface area (Å²) in [6.07, 6.45) is 1.58. The first-order valence-electron chi connectivity index (χ1n) is 3.75. The summed E-state index contributed by atoms with van der Waals surface area (Å²) in [7, 11) is 0. The molecule has 0 saturated carbocycles. The second-order valence-corrected chi connectivity index (χ2v) is 3.11. The molecule has 0 radical (unpaired) electrons. The molecule has 1 atom stereocenters. The predicted octanol–water partition coefficient (Wildman–Crippen LogP) is 0.610. The van der Waals surface area contributed by atoms with Crippen molar-refractivity contribution < 1.29 is 4.79 Å². The van der Waals surface area contributed by atoms with E-state index in [1.807, 2.05) is 0 Å². The number of amides is 1. The fraction of sp³-hybridized carbons (Fsp3) is 0.250. The lowest BCUT2D eigenvalue weighted by Gasteiger charge is -2.07. The average Bonchev–Trinajstić information content (AvgIpc) is 2.04. The molecule has 0 aliphatic carbocycles. The molecule has 1 heterocycles. The van der Waals surface area contributed by atoms with Gasteiger partial charge in [-0.1, -0.05) is 11.6 Å². The van der Waals surface area contributed by atoms with Crippen LogP contribution in [0.1, 0.15) is 18.2 Å². The van der Waals surface area contributed by atoms with Crippen LogP contribution in [0.2, 0.25) is 5.02 Å². The highest BCUT2D eigenvalue weighted by atomic mass is 35.5. The maximum absolute atomic E-state index is 10.5. The molecular weight excluding hydrogens is 190 g/mol. The fourth-order valence-electron chi connectivity index (χ4n) is 0.928. The van der Waals surface area contributed by atoms with Gasteiger partial charge in [-0.3, -0.25) is 9.78 Å². The molecule has 1 aromatic rings.